The van der Waals surface area contributed by atoms with E-state index < -0.39 is 17.7 Å². The van der Waals surface area contributed by atoms with Crippen LogP contribution in [0.4, 0.5) is 0 Å². The first kappa shape index (κ1) is 19.8. The molecule has 1 heterocycles. The monoisotopic (exact) mass is 401 g/mol. The molecule has 3 rings (SSSR count). The molecule has 0 bridgehead atoms. The topological polar surface area (TPSA) is 87.1 Å². The summed E-state index contributed by atoms with van der Waals surface area (Å²) in [5.41, 5.74) is 0.797. The van der Waals surface area contributed by atoms with Gasteiger partial charge in [-0.2, -0.15) is 0 Å². The molecule has 7 heteroatoms. The number of ketones is 1. The van der Waals surface area contributed by atoms with Crippen molar-refractivity contribution in [2.75, 3.05) is 13.7 Å². The number of aliphatic hydroxyl groups excluding tert-OH is 1. The molecule has 146 valence electrons. The number of carbonyl (C=O) groups excluding carboxylic acids is 2. The van der Waals surface area contributed by atoms with Crippen LogP contribution in [0.1, 0.15) is 30.5 Å². The van der Waals surface area contributed by atoms with Crippen LogP contribution in [-0.2, 0) is 9.59 Å². The number of halogens is 1. The number of benzene rings is 2. The zero-order valence-corrected chi connectivity index (χ0v) is 16.2. The number of aromatic hydroxyl groups is 1. The van der Waals surface area contributed by atoms with Gasteiger partial charge < -0.3 is 19.8 Å². The second kappa shape index (κ2) is 7.94. The number of aliphatic hydroxyl groups is 1. The molecule has 28 heavy (non-hydrogen) atoms. The number of hydrogen-bond acceptors (Lipinski definition) is 5. The van der Waals surface area contributed by atoms with Gasteiger partial charge >= 0.3 is 0 Å². The van der Waals surface area contributed by atoms with Gasteiger partial charge in [-0.15, -0.1) is 0 Å². The van der Waals surface area contributed by atoms with Gasteiger partial charge in [0.15, 0.2) is 0 Å². The highest BCUT2D eigenvalue weighted by Gasteiger charge is 2.45. The fourth-order valence-corrected chi connectivity index (χ4v) is 3.54. The van der Waals surface area contributed by atoms with E-state index in [9.17, 15) is 19.8 Å². The van der Waals surface area contributed by atoms with Gasteiger partial charge in [-0.25, -0.2) is 0 Å². The number of phenolic OH excluding ortho intramolecular Hbond substituents is 1. The summed E-state index contributed by atoms with van der Waals surface area (Å²) in [6.07, 6.45) is 0.641. The number of amides is 1. The second-order valence-corrected chi connectivity index (χ2v) is 6.87. The molecule has 0 radical (unpaired) electrons. The fraction of sp³-hybridized carbons (Fsp3) is 0.238. The Balaban J connectivity index is 2.24. The summed E-state index contributed by atoms with van der Waals surface area (Å²) in [5, 5.41) is 20.9. The molecular weight excluding hydrogens is 382 g/mol. The van der Waals surface area contributed by atoms with Crippen LogP contribution in [0.25, 0.3) is 5.76 Å². The van der Waals surface area contributed by atoms with Gasteiger partial charge in [0.25, 0.3) is 11.7 Å². The van der Waals surface area contributed by atoms with Gasteiger partial charge in [0.05, 0.1) is 24.3 Å². The highest BCUT2D eigenvalue weighted by molar-refractivity contribution is 6.46. The molecule has 2 aromatic carbocycles. The molecule has 1 amide bonds. The maximum absolute atomic E-state index is 12.8. The molecule has 2 aromatic rings. The van der Waals surface area contributed by atoms with Crippen molar-refractivity contribution in [1.82, 2.24) is 4.90 Å². The highest BCUT2D eigenvalue weighted by atomic mass is 35.5. The maximum Gasteiger partial charge on any atom is 0.295 e. The molecule has 1 saturated heterocycles. The van der Waals surface area contributed by atoms with Crippen molar-refractivity contribution < 1.29 is 24.5 Å². The molecule has 0 aliphatic carbocycles. The Bertz CT molecular complexity index is 952. The molecular formula is C21H20ClNO5. The van der Waals surface area contributed by atoms with Crippen molar-refractivity contribution >= 4 is 29.1 Å². The van der Waals surface area contributed by atoms with E-state index in [0.29, 0.717) is 29.3 Å². The molecule has 1 fully saturated rings. The van der Waals surface area contributed by atoms with Crippen LogP contribution < -0.4 is 4.74 Å². The van der Waals surface area contributed by atoms with E-state index in [2.05, 4.69) is 0 Å². The van der Waals surface area contributed by atoms with E-state index in [0.717, 1.165) is 0 Å². The average Bonchev–Trinajstić information content (AvgIpc) is 2.93. The summed E-state index contributed by atoms with van der Waals surface area (Å²) in [5.74, 6) is -1.41. The molecule has 2 N–H and O–H groups in total. The predicted molar refractivity (Wildman–Crippen MR) is 105 cm³/mol. The van der Waals surface area contributed by atoms with Crippen LogP contribution in [0, 0.1) is 0 Å². The lowest BCUT2D eigenvalue weighted by Gasteiger charge is -2.25. The van der Waals surface area contributed by atoms with Gasteiger partial charge in [0, 0.05) is 11.6 Å². The Morgan fingerprint density at radius 2 is 1.86 bits per heavy atom. The molecule has 1 unspecified atom stereocenters. The third-order valence-electron chi connectivity index (χ3n) is 4.63. The van der Waals surface area contributed by atoms with Crippen LogP contribution in [0.2, 0.25) is 5.02 Å². The fourth-order valence-electron chi connectivity index (χ4n) is 3.37. The zero-order chi connectivity index (χ0) is 20.4. The van der Waals surface area contributed by atoms with Crippen LogP contribution in [0.5, 0.6) is 11.5 Å². The number of Topliss-reactive ketones (excluding diaryl/α,β-unsaturated/α-hetero) is 1. The third kappa shape index (κ3) is 3.43. The summed E-state index contributed by atoms with van der Waals surface area (Å²) in [6.45, 7) is 2.24. The van der Waals surface area contributed by atoms with E-state index in [4.69, 9.17) is 16.3 Å². The Morgan fingerprint density at radius 1 is 1.18 bits per heavy atom. The lowest BCUT2D eigenvalue weighted by atomic mass is 9.95. The number of nitrogens with zero attached hydrogens (tertiary/aromatic N) is 1. The summed E-state index contributed by atoms with van der Waals surface area (Å²) < 4.78 is 5.28. The normalized spacial score (nSPS) is 18.5. The molecule has 0 saturated carbocycles. The Morgan fingerprint density at radius 3 is 2.46 bits per heavy atom. The number of hydrogen-bond donors (Lipinski definition) is 2. The van der Waals surface area contributed by atoms with E-state index in [1.165, 1.54) is 30.2 Å². The van der Waals surface area contributed by atoms with Gasteiger partial charge in [0.1, 0.15) is 17.3 Å². The molecule has 0 spiro atoms. The lowest BCUT2D eigenvalue weighted by molar-refractivity contribution is -0.139. The van der Waals surface area contributed by atoms with Gasteiger partial charge in [0.2, 0.25) is 0 Å². The number of likely N-dealkylation sites (tertiary alicyclic amines) is 1. The molecule has 0 aromatic heterocycles. The first-order valence-corrected chi connectivity index (χ1v) is 9.18. The lowest BCUT2D eigenvalue weighted by Crippen LogP contribution is -2.30. The first-order chi connectivity index (χ1) is 13.4. The van der Waals surface area contributed by atoms with E-state index in [-0.39, 0.29) is 22.6 Å². The minimum Gasteiger partial charge on any atom is -0.508 e. The number of carbonyl (C=O) groups is 2. The predicted octanol–water partition coefficient (Wildman–Crippen LogP) is 3.89. The van der Waals surface area contributed by atoms with Crippen molar-refractivity contribution in [2.24, 2.45) is 0 Å². The number of rotatable bonds is 5. The minimum absolute atomic E-state index is 0.0373. The number of ether oxygens (including phenoxy) is 1. The molecule has 1 aliphatic rings. The van der Waals surface area contributed by atoms with Crippen molar-refractivity contribution in [2.45, 2.75) is 19.4 Å². The van der Waals surface area contributed by atoms with E-state index in [1.807, 2.05) is 6.92 Å². The third-order valence-corrected chi connectivity index (χ3v) is 4.87. The van der Waals surface area contributed by atoms with Crippen molar-refractivity contribution in [3.63, 3.8) is 0 Å². The smallest absolute Gasteiger partial charge is 0.295 e. The SMILES string of the molecule is CCCN1C(=O)C(=O)/C(=C(/O)c2cc(Cl)ccc2OC)C1c1ccc(O)cc1. The summed E-state index contributed by atoms with van der Waals surface area (Å²) in [7, 11) is 1.44. The standard InChI is InChI=1S/C21H20ClNO5/c1-3-10-23-18(12-4-7-14(24)8-5-12)17(20(26)21(23)27)19(25)15-11-13(22)6-9-16(15)28-2/h4-9,11,18,24-25H,3,10H2,1-2H3/b19-17+. The summed E-state index contributed by atoms with van der Waals surface area (Å²) in [6, 6.07) is 10.1. The van der Waals surface area contributed by atoms with Gasteiger partial charge in [-0.05, 0) is 42.3 Å². The maximum atomic E-state index is 12.8. The quantitative estimate of drug-likeness (QED) is 0.451. The summed E-state index contributed by atoms with van der Waals surface area (Å²) in [4.78, 5) is 26.9. The zero-order valence-electron chi connectivity index (χ0n) is 15.5. The largest absolute Gasteiger partial charge is 0.508 e. The van der Waals surface area contributed by atoms with Crippen molar-refractivity contribution in [3.05, 3.63) is 64.2 Å². The highest BCUT2D eigenvalue weighted by Crippen LogP contribution is 2.41. The van der Waals surface area contributed by atoms with E-state index in [1.54, 1.807) is 24.3 Å². The molecule has 6 nitrogen and oxygen atoms in total. The summed E-state index contributed by atoms with van der Waals surface area (Å²) >= 11 is 6.06. The van der Waals surface area contributed by atoms with Crippen molar-refractivity contribution in [3.8, 4) is 11.5 Å². The van der Waals surface area contributed by atoms with Crippen molar-refractivity contribution in [1.29, 1.82) is 0 Å². The minimum atomic E-state index is -0.774. The molecule has 1 atom stereocenters. The first-order valence-electron chi connectivity index (χ1n) is 8.80. The van der Waals surface area contributed by atoms with Gasteiger partial charge in [-0.1, -0.05) is 30.7 Å². The number of phenols is 1. The second-order valence-electron chi connectivity index (χ2n) is 6.43. The Hall–Kier alpha value is -2.99. The van der Waals surface area contributed by atoms with Gasteiger partial charge in [-0.3, -0.25) is 9.59 Å². The Kier molecular flexibility index (Phi) is 5.61. The molecule has 1 aliphatic heterocycles. The van der Waals surface area contributed by atoms with Crippen LogP contribution in [0.3, 0.4) is 0 Å². The van der Waals surface area contributed by atoms with Crippen LogP contribution in [0.15, 0.2) is 48.0 Å². The van der Waals surface area contributed by atoms with Crippen LogP contribution in [-0.4, -0.2) is 40.5 Å². The van der Waals surface area contributed by atoms with E-state index >= 15 is 0 Å². The van der Waals surface area contributed by atoms with Crippen LogP contribution >= 0.6 is 11.6 Å². The Labute approximate surface area is 167 Å². The number of methoxy groups -OCH3 is 1. The average molecular weight is 402 g/mol.